The number of imidazole rings is 1. The van der Waals surface area contributed by atoms with Crippen LogP contribution in [-0.2, 0) is 31.4 Å². The second-order valence-corrected chi connectivity index (χ2v) is 11.7. The summed E-state index contributed by atoms with van der Waals surface area (Å²) in [5.74, 6) is 0.603. The second kappa shape index (κ2) is 13.5. The molecule has 1 aliphatic carbocycles. The summed E-state index contributed by atoms with van der Waals surface area (Å²) in [6.07, 6.45) is 6.53. The molecule has 3 heterocycles. The summed E-state index contributed by atoms with van der Waals surface area (Å²) in [7, 11) is 3.49. The Morgan fingerprint density at radius 3 is 2.63 bits per heavy atom. The van der Waals surface area contributed by atoms with E-state index in [0.29, 0.717) is 41.8 Å². The number of halogens is 1. The quantitative estimate of drug-likeness (QED) is 0.159. The van der Waals surface area contributed by atoms with Crippen LogP contribution in [0.1, 0.15) is 59.0 Å². The number of aromatic nitrogens is 5. The van der Waals surface area contributed by atoms with Crippen molar-refractivity contribution in [1.29, 1.82) is 0 Å². The van der Waals surface area contributed by atoms with Gasteiger partial charge in [0.1, 0.15) is 18.2 Å². The lowest BCUT2D eigenvalue weighted by Crippen LogP contribution is -2.19. The Bertz CT molecular complexity index is 1920. The van der Waals surface area contributed by atoms with E-state index in [1.165, 1.54) is 6.07 Å². The van der Waals surface area contributed by atoms with Gasteiger partial charge in [0.15, 0.2) is 5.69 Å². The number of hydrogen-bond acceptors (Lipinski definition) is 6. The number of rotatable bonds is 11. The first kappa shape index (κ1) is 30.9. The average Bonchev–Trinajstić information content (AvgIpc) is 3.65. The largest absolute Gasteiger partial charge is 0.478 e. The van der Waals surface area contributed by atoms with Crippen molar-refractivity contribution in [2.45, 2.75) is 51.2 Å². The minimum absolute atomic E-state index is 0.0351. The van der Waals surface area contributed by atoms with Crippen LogP contribution in [0.25, 0.3) is 27.1 Å². The Labute approximate surface area is 266 Å². The zero-order valence-electron chi connectivity index (χ0n) is 25.8. The van der Waals surface area contributed by atoms with Gasteiger partial charge in [0.05, 0.1) is 35.5 Å². The third kappa shape index (κ3) is 6.62. The summed E-state index contributed by atoms with van der Waals surface area (Å²) in [5.41, 5.74) is 4.69. The molecule has 6 rings (SSSR count). The molecule has 10 nitrogen and oxygen atoms in total. The van der Waals surface area contributed by atoms with Gasteiger partial charge in [-0.1, -0.05) is 18.2 Å². The number of carboxylic acid groups (broad SMARTS) is 1. The first-order chi connectivity index (χ1) is 22.3. The molecule has 0 atom stereocenters. The van der Waals surface area contributed by atoms with Gasteiger partial charge >= 0.3 is 5.97 Å². The smallest absolute Gasteiger partial charge is 0.335 e. The van der Waals surface area contributed by atoms with Crippen LogP contribution in [-0.4, -0.2) is 49.1 Å². The molecule has 11 heteroatoms. The van der Waals surface area contributed by atoms with Crippen molar-refractivity contribution in [2.75, 3.05) is 13.7 Å². The van der Waals surface area contributed by atoms with Gasteiger partial charge < -0.3 is 19.1 Å². The van der Waals surface area contributed by atoms with Crippen molar-refractivity contribution >= 4 is 22.7 Å². The van der Waals surface area contributed by atoms with Gasteiger partial charge in [0, 0.05) is 62.1 Å². The maximum absolute atomic E-state index is 14.3. The number of fused-ring (bicyclic) bond motifs is 1. The molecular formula is C35H35FN6O4. The van der Waals surface area contributed by atoms with E-state index in [2.05, 4.69) is 14.5 Å². The van der Waals surface area contributed by atoms with Crippen molar-refractivity contribution in [2.24, 2.45) is 13.0 Å². The van der Waals surface area contributed by atoms with Crippen LogP contribution >= 0.6 is 0 Å². The molecular weight excluding hydrogens is 587 g/mol. The highest BCUT2D eigenvalue weighted by Gasteiger charge is 2.27. The Balaban J connectivity index is 1.17. The molecule has 0 aliphatic heterocycles. The van der Waals surface area contributed by atoms with E-state index in [0.717, 1.165) is 54.7 Å². The summed E-state index contributed by atoms with van der Waals surface area (Å²) >= 11 is 0. The van der Waals surface area contributed by atoms with Crippen LogP contribution in [0.15, 0.2) is 60.8 Å². The minimum Gasteiger partial charge on any atom is -0.478 e. The molecule has 1 saturated carbocycles. The standard InChI is InChI=1S/C35H35FN6O4/c1-37-26-12-11-24(28(36)20-26)21-46-33-6-4-5-29(38-33)23-9-7-22(8-10-23)17-32-39-34-27(30-13-14-41(2)40-30)18-25(35(43)44)19-31(34)42(32)15-16-45-3/h4-6,11-14,18-20,22-23H,7-10,15-17,21H2,2-3H3,(H,43,44). The van der Waals surface area contributed by atoms with E-state index in [1.54, 1.807) is 42.1 Å². The van der Waals surface area contributed by atoms with E-state index in [-0.39, 0.29) is 23.8 Å². The maximum atomic E-state index is 14.3. The number of carbonyl (C=O) groups is 1. The van der Waals surface area contributed by atoms with Gasteiger partial charge in [-0.2, -0.15) is 5.10 Å². The summed E-state index contributed by atoms with van der Waals surface area (Å²) in [5, 5.41) is 14.4. The third-order valence-electron chi connectivity index (χ3n) is 8.71. The van der Waals surface area contributed by atoms with Crippen molar-refractivity contribution in [3.05, 3.63) is 101 Å². The monoisotopic (exact) mass is 622 g/mol. The zero-order valence-corrected chi connectivity index (χ0v) is 25.8. The third-order valence-corrected chi connectivity index (χ3v) is 8.71. The molecule has 0 saturated heterocycles. The molecule has 1 aliphatic rings. The van der Waals surface area contributed by atoms with Crippen LogP contribution in [0.5, 0.6) is 5.88 Å². The van der Waals surface area contributed by atoms with Gasteiger partial charge in [-0.3, -0.25) is 4.68 Å². The lowest BCUT2D eigenvalue weighted by Gasteiger charge is -2.28. The fourth-order valence-electron chi connectivity index (χ4n) is 6.27. The Hall–Kier alpha value is -5.08. The normalized spacial score (nSPS) is 16.4. The summed E-state index contributed by atoms with van der Waals surface area (Å²) in [6.45, 7) is 8.11. The van der Waals surface area contributed by atoms with Crippen LogP contribution in [0.4, 0.5) is 10.1 Å². The van der Waals surface area contributed by atoms with Crippen molar-refractivity contribution in [1.82, 2.24) is 24.3 Å². The number of hydrogen-bond donors (Lipinski definition) is 1. The number of pyridine rings is 1. The Kier molecular flexibility index (Phi) is 9.08. The molecule has 0 unspecified atom stereocenters. The highest BCUT2D eigenvalue weighted by Crippen LogP contribution is 2.38. The molecule has 236 valence electrons. The van der Waals surface area contributed by atoms with E-state index < -0.39 is 11.8 Å². The van der Waals surface area contributed by atoms with E-state index in [1.807, 2.05) is 31.4 Å². The fraction of sp³-hybridized carbons (Fsp3) is 0.343. The van der Waals surface area contributed by atoms with Gasteiger partial charge in [-0.15, -0.1) is 0 Å². The molecule has 0 radical (unpaired) electrons. The Morgan fingerprint density at radius 1 is 1.11 bits per heavy atom. The molecule has 1 N–H and O–H groups in total. The minimum atomic E-state index is -0.996. The molecule has 0 spiro atoms. The van der Waals surface area contributed by atoms with E-state index in [9.17, 15) is 14.3 Å². The molecule has 3 aromatic heterocycles. The number of aryl methyl sites for hydroxylation is 1. The topological polar surface area (TPSA) is 109 Å². The highest BCUT2D eigenvalue weighted by atomic mass is 19.1. The predicted octanol–water partition coefficient (Wildman–Crippen LogP) is 6.96. The zero-order chi connectivity index (χ0) is 32.2. The summed E-state index contributed by atoms with van der Waals surface area (Å²) < 4.78 is 29.3. The molecule has 2 aromatic carbocycles. The number of nitrogens with zero attached hydrogens (tertiary/aromatic N) is 6. The molecule has 5 aromatic rings. The molecule has 0 amide bonds. The van der Waals surface area contributed by atoms with Crippen molar-refractivity contribution in [3.63, 3.8) is 0 Å². The second-order valence-electron chi connectivity index (χ2n) is 11.7. The SMILES string of the molecule is [C-]#[N+]c1ccc(COc2cccc(C3CCC(Cc4nc5c(-c6ccn(C)n6)cc(C(=O)O)cc5n4CCOC)CC3)n2)c(F)c1. The number of carboxylic acids is 1. The summed E-state index contributed by atoms with van der Waals surface area (Å²) in [4.78, 5) is 25.2. The maximum Gasteiger partial charge on any atom is 0.335 e. The van der Waals surface area contributed by atoms with Gasteiger partial charge in [-0.25, -0.2) is 24.0 Å². The van der Waals surface area contributed by atoms with Crippen LogP contribution in [0, 0.1) is 18.3 Å². The lowest BCUT2D eigenvalue weighted by atomic mass is 9.79. The number of methoxy groups -OCH3 is 1. The van der Waals surface area contributed by atoms with Crippen molar-refractivity contribution < 1.29 is 23.8 Å². The summed E-state index contributed by atoms with van der Waals surface area (Å²) in [6, 6.07) is 15.3. The predicted molar refractivity (Wildman–Crippen MR) is 170 cm³/mol. The number of ether oxygens (including phenoxy) is 2. The van der Waals surface area contributed by atoms with E-state index >= 15 is 0 Å². The lowest BCUT2D eigenvalue weighted by molar-refractivity contribution is 0.0697. The Morgan fingerprint density at radius 2 is 1.93 bits per heavy atom. The first-order valence-corrected chi connectivity index (χ1v) is 15.3. The number of benzene rings is 2. The molecule has 0 bridgehead atoms. The van der Waals surface area contributed by atoms with Crippen LogP contribution in [0.3, 0.4) is 0 Å². The van der Waals surface area contributed by atoms with Crippen LogP contribution in [0.2, 0.25) is 0 Å². The molecule has 1 fully saturated rings. The average molecular weight is 623 g/mol. The molecule has 46 heavy (non-hydrogen) atoms. The van der Waals surface area contributed by atoms with Gasteiger partial charge in [-0.05, 0) is 61.9 Å². The number of aromatic carboxylic acids is 1. The van der Waals surface area contributed by atoms with Gasteiger partial charge in [0.2, 0.25) is 5.88 Å². The van der Waals surface area contributed by atoms with Gasteiger partial charge in [0.25, 0.3) is 0 Å². The van der Waals surface area contributed by atoms with Crippen LogP contribution < -0.4 is 4.74 Å². The van der Waals surface area contributed by atoms with Crippen molar-refractivity contribution in [3.8, 4) is 17.1 Å². The van der Waals surface area contributed by atoms with E-state index in [4.69, 9.17) is 26.0 Å². The highest BCUT2D eigenvalue weighted by molar-refractivity contribution is 5.99. The fourth-order valence-corrected chi connectivity index (χ4v) is 6.27. The first-order valence-electron chi connectivity index (χ1n) is 15.3.